The van der Waals surface area contributed by atoms with Crippen LogP contribution in [0, 0.1) is 0 Å². The number of carbonyl (C=O) groups excluding carboxylic acids is 1. The van der Waals surface area contributed by atoms with E-state index < -0.39 is 0 Å². The van der Waals surface area contributed by atoms with Gasteiger partial charge in [-0.2, -0.15) is 0 Å². The number of nitrogens with two attached hydrogens (primary N) is 1. The number of ketones is 1. The van der Waals surface area contributed by atoms with Crippen LogP contribution in [-0.4, -0.2) is 15.8 Å². The molecule has 4 aromatic rings. The topological polar surface area (TPSA) is 71.8 Å². The number of halogens is 2. The van der Waals surface area contributed by atoms with Gasteiger partial charge in [0.05, 0.1) is 4.47 Å². The van der Waals surface area contributed by atoms with Crippen molar-refractivity contribution in [3.8, 4) is 11.1 Å². The van der Waals surface area contributed by atoms with E-state index in [2.05, 4.69) is 25.9 Å². The molecule has 128 valence electrons. The van der Waals surface area contributed by atoms with Crippen molar-refractivity contribution in [2.75, 3.05) is 5.73 Å². The van der Waals surface area contributed by atoms with Gasteiger partial charge in [-0.25, -0.2) is 4.98 Å². The second-order valence-electron chi connectivity index (χ2n) is 5.87. The largest absolute Gasteiger partial charge is 0.398 e. The first-order chi connectivity index (χ1) is 12.5. The molecule has 0 spiro atoms. The van der Waals surface area contributed by atoms with E-state index >= 15 is 0 Å². The second kappa shape index (κ2) is 6.59. The van der Waals surface area contributed by atoms with Gasteiger partial charge in [-0.1, -0.05) is 29.8 Å². The van der Waals surface area contributed by atoms with Crippen molar-refractivity contribution in [1.29, 1.82) is 0 Å². The maximum absolute atomic E-state index is 13.0. The van der Waals surface area contributed by atoms with E-state index in [1.807, 2.05) is 30.3 Å². The van der Waals surface area contributed by atoms with Gasteiger partial charge in [0.2, 0.25) is 0 Å². The van der Waals surface area contributed by atoms with Crippen LogP contribution in [-0.2, 0) is 0 Å². The summed E-state index contributed by atoms with van der Waals surface area (Å²) in [7, 11) is 0. The van der Waals surface area contributed by atoms with Crippen LogP contribution in [0.3, 0.4) is 0 Å². The van der Waals surface area contributed by atoms with E-state index in [1.54, 1.807) is 30.6 Å². The SMILES string of the molecule is Nc1cccc(C(=O)c2c[nH]c3ncc(-c4ccc(Cl)cc4)cc23)c1Br. The highest BCUT2D eigenvalue weighted by atomic mass is 79.9. The Bertz CT molecular complexity index is 1140. The molecule has 0 atom stereocenters. The van der Waals surface area contributed by atoms with E-state index in [0.29, 0.717) is 32.0 Å². The third-order valence-corrected chi connectivity index (χ3v) is 5.36. The fourth-order valence-corrected chi connectivity index (χ4v) is 3.43. The van der Waals surface area contributed by atoms with Crippen LogP contribution in [0.5, 0.6) is 0 Å². The summed E-state index contributed by atoms with van der Waals surface area (Å²) in [5, 5.41) is 1.43. The van der Waals surface area contributed by atoms with Gasteiger partial charge in [0.15, 0.2) is 5.78 Å². The maximum Gasteiger partial charge on any atom is 0.196 e. The molecule has 0 saturated carbocycles. The van der Waals surface area contributed by atoms with Crippen molar-refractivity contribution in [3.63, 3.8) is 0 Å². The zero-order valence-corrected chi connectivity index (χ0v) is 15.8. The van der Waals surface area contributed by atoms with Crippen molar-refractivity contribution in [2.45, 2.75) is 0 Å². The Morgan fingerprint density at radius 2 is 1.85 bits per heavy atom. The Kier molecular flexibility index (Phi) is 4.26. The van der Waals surface area contributed by atoms with Gasteiger partial charge in [0, 0.05) is 45.2 Å². The number of nitrogen functional groups attached to an aromatic ring is 1. The molecule has 3 N–H and O–H groups in total. The number of aromatic nitrogens is 2. The smallest absolute Gasteiger partial charge is 0.196 e. The minimum Gasteiger partial charge on any atom is -0.398 e. The van der Waals surface area contributed by atoms with Gasteiger partial charge in [0.1, 0.15) is 5.65 Å². The molecule has 0 saturated heterocycles. The highest BCUT2D eigenvalue weighted by Gasteiger charge is 2.18. The Morgan fingerprint density at radius 1 is 1.08 bits per heavy atom. The number of pyridine rings is 1. The van der Waals surface area contributed by atoms with E-state index in [9.17, 15) is 4.79 Å². The van der Waals surface area contributed by atoms with E-state index in [-0.39, 0.29) is 5.78 Å². The van der Waals surface area contributed by atoms with E-state index in [0.717, 1.165) is 16.5 Å². The molecule has 0 aliphatic heterocycles. The predicted octanol–water partition coefficient (Wildman–Crippen LogP) is 5.46. The molecule has 0 amide bonds. The average molecular weight is 427 g/mol. The molecule has 4 nitrogen and oxygen atoms in total. The maximum atomic E-state index is 13.0. The number of fused-ring (bicyclic) bond motifs is 1. The van der Waals surface area contributed by atoms with E-state index in [1.165, 1.54) is 0 Å². The molecule has 0 bridgehead atoms. The lowest BCUT2D eigenvalue weighted by Crippen LogP contribution is -2.03. The van der Waals surface area contributed by atoms with Crippen molar-refractivity contribution >= 4 is 50.0 Å². The molecule has 2 aromatic carbocycles. The summed E-state index contributed by atoms with van der Waals surface area (Å²) in [6.07, 6.45) is 3.45. The fraction of sp³-hybridized carbons (Fsp3) is 0. The number of H-pyrrole nitrogens is 1. The third kappa shape index (κ3) is 2.89. The minimum absolute atomic E-state index is 0.120. The Balaban J connectivity index is 1.83. The molecule has 0 aliphatic rings. The zero-order chi connectivity index (χ0) is 18.3. The summed E-state index contributed by atoms with van der Waals surface area (Å²) in [5.41, 5.74) is 10.0. The lowest BCUT2D eigenvalue weighted by atomic mass is 10.0. The molecule has 6 heteroatoms. The van der Waals surface area contributed by atoms with Crippen molar-refractivity contribution in [3.05, 3.63) is 81.5 Å². The number of carbonyl (C=O) groups is 1. The number of nitrogens with zero attached hydrogens (tertiary/aromatic N) is 1. The van der Waals surface area contributed by atoms with Gasteiger partial charge in [0.25, 0.3) is 0 Å². The quantitative estimate of drug-likeness (QED) is 0.337. The number of nitrogens with one attached hydrogen (secondary N) is 1. The van der Waals surface area contributed by atoms with Crippen molar-refractivity contribution in [2.24, 2.45) is 0 Å². The molecule has 0 unspecified atom stereocenters. The summed E-state index contributed by atoms with van der Waals surface area (Å²) < 4.78 is 0.598. The lowest BCUT2D eigenvalue weighted by molar-refractivity contribution is 0.103. The monoisotopic (exact) mass is 425 g/mol. The van der Waals surface area contributed by atoms with Crippen LogP contribution in [0.15, 0.2) is 65.4 Å². The highest BCUT2D eigenvalue weighted by Crippen LogP contribution is 2.30. The molecule has 2 aromatic heterocycles. The fourth-order valence-electron chi connectivity index (χ4n) is 2.86. The summed E-state index contributed by atoms with van der Waals surface area (Å²) >= 11 is 9.36. The van der Waals surface area contributed by atoms with Gasteiger partial charge in [-0.15, -0.1) is 0 Å². The molecule has 0 aliphatic carbocycles. The first-order valence-electron chi connectivity index (χ1n) is 7.86. The van der Waals surface area contributed by atoms with Gasteiger partial charge < -0.3 is 10.7 Å². The van der Waals surface area contributed by atoms with Crippen LogP contribution in [0.1, 0.15) is 15.9 Å². The Labute approximate surface area is 163 Å². The van der Waals surface area contributed by atoms with Gasteiger partial charge in [-0.05, 0) is 51.8 Å². The molecule has 0 radical (unpaired) electrons. The Morgan fingerprint density at radius 3 is 2.62 bits per heavy atom. The predicted molar refractivity (Wildman–Crippen MR) is 109 cm³/mol. The number of anilines is 1. The van der Waals surface area contributed by atoms with Crippen LogP contribution in [0.4, 0.5) is 5.69 Å². The lowest BCUT2D eigenvalue weighted by Gasteiger charge is -2.06. The molecule has 2 heterocycles. The van der Waals surface area contributed by atoms with Gasteiger partial charge >= 0.3 is 0 Å². The summed E-state index contributed by atoms with van der Waals surface area (Å²) in [6.45, 7) is 0. The normalized spacial score (nSPS) is 11.0. The summed E-state index contributed by atoms with van der Waals surface area (Å²) in [4.78, 5) is 20.5. The highest BCUT2D eigenvalue weighted by molar-refractivity contribution is 9.10. The number of aromatic amines is 1. The number of hydrogen-bond acceptors (Lipinski definition) is 3. The molecule has 26 heavy (non-hydrogen) atoms. The van der Waals surface area contributed by atoms with Crippen molar-refractivity contribution in [1.82, 2.24) is 9.97 Å². The number of hydrogen-bond donors (Lipinski definition) is 2. The number of benzene rings is 2. The first kappa shape index (κ1) is 16.8. The molecule has 0 fully saturated rings. The van der Waals surface area contributed by atoms with Crippen LogP contribution < -0.4 is 5.73 Å². The Hall–Kier alpha value is -2.63. The second-order valence-corrected chi connectivity index (χ2v) is 7.10. The summed E-state index contributed by atoms with van der Waals surface area (Å²) in [6, 6.07) is 14.7. The van der Waals surface area contributed by atoms with Crippen LogP contribution in [0.25, 0.3) is 22.2 Å². The minimum atomic E-state index is -0.120. The zero-order valence-electron chi connectivity index (χ0n) is 13.5. The third-order valence-electron chi connectivity index (χ3n) is 4.23. The first-order valence-corrected chi connectivity index (χ1v) is 9.03. The standard InChI is InChI=1S/C20H13BrClN3O/c21-18-14(2-1-3-17(18)23)19(26)16-10-25-20-15(16)8-12(9-24-20)11-4-6-13(22)7-5-11/h1-10H,23H2,(H,24,25). The summed E-state index contributed by atoms with van der Waals surface area (Å²) in [5.74, 6) is -0.120. The van der Waals surface area contributed by atoms with Crippen molar-refractivity contribution < 1.29 is 4.79 Å². The molecule has 4 rings (SSSR count). The van der Waals surface area contributed by atoms with Crippen LogP contribution >= 0.6 is 27.5 Å². The van der Waals surface area contributed by atoms with E-state index in [4.69, 9.17) is 17.3 Å². The van der Waals surface area contributed by atoms with Crippen LogP contribution in [0.2, 0.25) is 5.02 Å². The average Bonchev–Trinajstić information content (AvgIpc) is 3.07. The molecular formula is C20H13BrClN3O. The number of rotatable bonds is 3. The molecular weight excluding hydrogens is 414 g/mol. The van der Waals surface area contributed by atoms with Gasteiger partial charge in [-0.3, -0.25) is 4.79 Å².